The minimum atomic E-state index is -0.353. The highest BCUT2D eigenvalue weighted by Gasteiger charge is 2.30. The van der Waals surface area contributed by atoms with Gasteiger partial charge in [0, 0.05) is 56.1 Å². The van der Waals surface area contributed by atoms with Gasteiger partial charge in [-0.25, -0.2) is 19.4 Å². The summed E-state index contributed by atoms with van der Waals surface area (Å²) in [6, 6.07) is 25.6. The van der Waals surface area contributed by atoms with E-state index in [4.69, 9.17) is 15.6 Å². The third kappa shape index (κ3) is 6.58. The number of nitrogens with zero attached hydrogens (tertiary/aromatic N) is 7. The summed E-state index contributed by atoms with van der Waals surface area (Å²) >= 11 is 0. The first-order chi connectivity index (χ1) is 24.5. The van der Waals surface area contributed by atoms with Gasteiger partial charge >= 0.3 is 6.03 Å². The maximum atomic E-state index is 12.2. The lowest BCUT2D eigenvalue weighted by Crippen LogP contribution is -2.49. The van der Waals surface area contributed by atoms with Crippen molar-refractivity contribution in [3.05, 3.63) is 85.2 Å². The molecule has 0 unspecified atom stereocenters. The molecule has 3 N–H and O–H groups in total. The standard InChI is InChI=1S/C38H41N9O3/c39-36-34-35(27-8-14-32(15-9-27)50-31-6-2-1-3-7-31)43-47(37(34)41-25-40-36)30-5-4-19-44(24-30)23-26-16-20-45(21-17-26)28-10-12-29(13-11-28)46-22-18-33(48)42-38(46)49/h1-3,6-15,25-26,30H,4-5,16-24H2,(H2,39,40,41)(H,42,48,49)/t30-/m1/s1. The van der Waals surface area contributed by atoms with Crippen LogP contribution in [-0.2, 0) is 4.79 Å². The number of urea groups is 1. The van der Waals surface area contributed by atoms with E-state index in [9.17, 15) is 9.59 Å². The number of benzene rings is 3. The lowest BCUT2D eigenvalue weighted by atomic mass is 9.94. The van der Waals surface area contributed by atoms with Gasteiger partial charge in [-0.15, -0.1) is 0 Å². The number of carbonyl (C=O) groups excluding carboxylic acids is 2. The Labute approximate surface area is 290 Å². The highest BCUT2D eigenvalue weighted by atomic mass is 16.5. The van der Waals surface area contributed by atoms with E-state index in [0.29, 0.717) is 24.7 Å². The number of nitrogen functional groups attached to an aromatic ring is 1. The minimum Gasteiger partial charge on any atom is -0.457 e. The monoisotopic (exact) mass is 671 g/mol. The molecule has 8 rings (SSSR count). The molecule has 3 saturated heterocycles. The van der Waals surface area contributed by atoms with E-state index in [0.717, 1.165) is 97.9 Å². The number of aromatic nitrogens is 4. The van der Waals surface area contributed by atoms with Gasteiger partial charge in [-0.3, -0.25) is 15.0 Å². The molecule has 5 aromatic rings. The largest absolute Gasteiger partial charge is 0.457 e. The average molecular weight is 672 g/mol. The Hall–Kier alpha value is -5.49. The van der Waals surface area contributed by atoms with Crippen molar-refractivity contribution in [2.75, 3.05) is 54.8 Å². The molecule has 5 heterocycles. The number of nitrogens with one attached hydrogen (secondary N) is 1. The van der Waals surface area contributed by atoms with Gasteiger partial charge in [-0.2, -0.15) is 5.10 Å². The molecule has 3 fully saturated rings. The highest BCUT2D eigenvalue weighted by molar-refractivity contribution is 6.05. The van der Waals surface area contributed by atoms with Gasteiger partial charge in [-0.05, 0) is 98.8 Å². The highest BCUT2D eigenvalue weighted by Crippen LogP contribution is 2.35. The maximum Gasteiger partial charge on any atom is 0.328 e. The van der Waals surface area contributed by atoms with Crippen LogP contribution in [0.4, 0.5) is 22.0 Å². The van der Waals surface area contributed by atoms with Gasteiger partial charge in [0.25, 0.3) is 0 Å². The fourth-order valence-corrected chi connectivity index (χ4v) is 7.55. The van der Waals surface area contributed by atoms with Crippen molar-refractivity contribution in [3.8, 4) is 22.8 Å². The topological polar surface area (TPSA) is 135 Å². The number of anilines is 3. The molecule has 3 aliphatic heterocycles. The molecule has 0 radical (unpaired) electrons. The summed E-state index contributed by atoms with van der Waals surface area (Å²) in [6.07, 6.45) is 6.24. The van der Waals surface area contributed by atoms with Crippen LogP contribution < -0.4 is 25.6 Å². The first-order valence-corrected chi connectivity index (χ1v) is 17.5. The van der Waals surface area contributed by atoms with E-state index >= 15 is 0 Å². The molecule has 12 heteroatoms. The van der Waals surface area contributed by atoms with Crippen LogP contribution in [0.1, 0.15) is 38.1 Å². The molecule has 2 aromatic heterocycles. The fraction of sp³-hybridized carbons (Fsp3) is 0.342. The van der Waals surface area contributed by atoms with E-state index < -0.39 is 0 Å². The molecule has 3 aromatic carbocycles. The molecule has 12 nitrogen and oxygen atoms in total. The average Bonchev–Trinajstić information content (AvgIpc) is 3.54. The van der Waals surface area contributed by atoms with Gasteiger partial charge in [0.05, 0.1) is 11.4 Å². The quantitative estimate of drug-likeness (QED) is 0.208. The number of carbonyl (C=O) groups is 2. The fourth-order valence-electron chi connectivity index (χ4n) is 7.55. The number of hydrogen-bond donors (Lipinski definition) is 2. The zero-order chi connectivity index (χ0) is 34.0. The van der Waals surface area contributed by atoms with E-state index in [2.05, 4.69) is 41.9 Å². The third-order valence-electron chi connectivity index (χ3n) is 10.2. The van der Waals surface area contributed by atoms with Crippen LogP contribution in [0.5, 0.6) is 11.5 Å². The number of ether oxygens (including phenoxy) is 1. The molecule has 0 saturated carbocycles. The Morgan fingerprint density at radius 3 is 2.32 bits per heavy atom. The molecular weight excluding hydrogens is 630 g/mol. The molecule has 256 valence electrons. The van der Waals surface area contributed by atoms with E-state index in [1.54, 1.807) is 4.90 Å². The van der Waals surface area contributed by atoms with Crippen LogP contribution in [0.2, 0.25) is 0 Å². The van der Waals surface area contributed by atoms with Crippen LogP contribution in [0.3, 0.4) is 0 Å². The summed E-state index contributed by atoms with van der Waals surface area (Å²) in [5.41, 5.74) is 10.9. The van der Waals surface area contributed by atoms with Crippen LogP contribution in [0, 0.1) is 5.92 Å². The number of piperidine rings is 2. The Bertz CT molecular complexity index is 1970. The summed E-state index contributed by atoms with van der Waals surface area (Å²) < 4.78 is 8.09. The van der Waals surface area contributed by atoms with Crippen molar-refractivity contribution < 1.29 is 14.3 Å². The Morgan fingerprint density at radius 1 is 0.820 bits per heavy atom. The number of amides is 3. The van der Waals surface area contributed by atoms with E-state index in [-0.39, 0.29) is 18.0 Å². The minimum absolute atomic E-state index is 0.189. The third-order valence-corrected chi connectivity index (χ3v) is 10.2. The Balaban J connectivity index is 0.909. The predicted molar refractivity (Wildman–Crippen MR) is 193 cm³/mol. The molecular formula is C38H41N9O3. The lowest BCUT2D eigenvalue weighted by molar-refractivity contribution is -0.120. The van der Waals surface area contributed by atoms with Crippen molar-refractivity contribution in [1.29, 1.82) is 0 Å². The number of likely N-dealkylation sites (tertiary alicyclic amines) is 1. The molecule has 1 atom stereocenters. The molecule has 0 bridgehead atoms. The van der Waals surface area contributed by atoms with Crippen molar-refractivity contribution in [2.45, 2.75) is 38.1 Å². The first kappa shape index (κ1) is 31.8. The zero-order valence-corrected chi connectivity index (χ0v) is 27.9. The normalized spacial score (nSPS) is 19.2. The Morgan fingerprint density at radius 2 is 1.56 bits per heavy atom. The summed E-state index contributed by atoms with van der Waals surface area (Å²) in [7, 11) is 0. The number of fused-ring (bicyclic) bond motifs is 1. The van der Waals surface area contributed by atoms with E-state index in [1.165, 1.54) is 12.0 Å². The van der Waals surface area contributed by atoms with Crippen LogP contribution in [0.15, 0.2) is 85.2 Å². The maximum absolute atomic E-state index is 12.2. The van der Waals surface area contributed by atoms with Crippen LogP contribution in [-0.4, -0.2) is 75.9 Å². The van der Waals surface area contributed by atoms with Gasteiger partial charge in [0.15, 0.2) is 5.65 Å². The smallest absolute Gasteiger partial charge is 0.328 e. The number of para-hydroxylation sites is 1. The molecule has 3 aliphatic rings. The number of nitrogens with two attached hydrogens (primary N) is 1. The summed E-state index contributed by atoms with van der Waals surface area (Å²) in [5.74, 6) is 2.38. The molecule has 3 amide bonds. The second-order valence-corrected chi connectivity index (χ2v) is 13.4. The van der Waals surface area contributed by atoms with Crippen LogP contribution >= 0.6 is 0 Å². The number of imide groups is 1. The first-order valence-electron chi connectivity index (χ1n) is 17.5. The van der Waals surface area contributed by atoms with Crippen molar-refractivity contribution in [2.24, 2.45) is 5.92 Å². The van der Waals surface area contributed by atoms with Crippen molar-refractivity contribution >= 4 is 40.2 Å². The second kappa shape index (κ2) is 13.8. The molecule has 0 spiro atoms. The molecule has 50 heavy (non-hydrogen) atoms. The molecule has 0 aliphatic carbocycles. The second-order valence-electron chi connectivity index (χ2n) is 13.4. The summed E-state index contributed by atoms with van der Waals surface area (Å²) in [5, 5.41) is 8.33. The van der Waals surface area contributed by atoms with Crippen molar-refractivity contribution in [3.63, 3.8) is 0 Å². The van der Waals surface area contributed by atoms with Gasteiger partial charge < -0.3 is 20.3 Å². The predicted octanol–water partition coefficient (Wildman–Crippen LogP) is 5.87. The van der Waals surface area contributed by atoms with Gasteiger partial charge in [-0.1, -0.05) is 18.2 Å². The summed E-state index contributed by atoms with van der Waals surface area (Å²) in [6.45, 7) is 5.47. The lowest BCUT2D eigenvalue weighted by Gasteiger charge is -2.39. The van der Waals surface area contributed by atoms with Crippen molar-refractivity contribution in [1.82, 2.24) is 30.0 Å². The van der Waals surface area contributed by atoms with Gasteiger partial charge in [0.1, 0.15) is 29.3 Å². The van der Waals surface area contributed by atoms with Crippen LogP contribution in [0.25, 0.3) is 22.3 Å². The SMILES string of the molecule is Nc1ncnc2c1c(-c1ccc(Oc3ccccc3)cc1)nn2[C@@H]1CCCN(CC2CCN(c3ccc(N4CCC(=O)NC4=O)cc3)CC2)C1. The number of hydrogen-bond acceptors (Lipinski definition) is 9. The van der Waals surface area contributed by atoms with E-state index in [1.807, 2.05) is 66.7 Å². The Kier molecular flexibility index (Phi) is 8.76. The van der Waals surface area contributed by atoms with Gasteiger partial charge in [0.2, 0.25) is 5.91 Å². The zero-order valence-electron chi connectivity index (χ0n) is 27.9. The summed E-state index contributed by atoms with van der Waals surface area (Å²) in [4.78, 5) is 39.4. The number of rotatable bonds is 8.